The van der Waals surface area contributed by atoms with Gasteiger partial charge in [0, 0.05) is 0 Å². The number of benzene rings is 1. The molecule has 0 saturated carbocycles. The number of rotatable bonds is 5. The fraction of sp³-hybridized carbons (Fsp3) is 0.650. The van der Waals surface area contributed by atoms with Gasteiger partial charge >= 0.3 is 5.97 Å². The maximum atomic E-state index is 12.1. The summed E-state index contributed by atoms with van der Waals surface area (Å²) >= 11 is 0. The van der Waals surface area contributed by atoms with E-state index < -0.39 is 26.4 Å². The minimum absolute atomic E-state index is 0.0203. The molecule has 0 fully saturated rings. The van der Waals surface area contributed by atoms with E-state index in [0.29, 0.717) is 0 Å². The van der Waals surface area contributed by atoms with Gasteiger partial charge in [0.1, 0.15) is 6.04 Å². The molecule has 0 aliphatic carbocycles. The Balaban J connectivity index is 3.26. The Labute approximate surface area is 154 Å². The van der Waals surface area contributed by atoms with E-state index in [0.717, 1.165) is 5.56 Å². The lowest BCUT2D eigenvalue weighted by molar-refractivity contribution is -0.144. The lowest BCUT2D eigenvalue weighted by Gasteiger charge is -2.40. The predicted octanol–water partition coefficient (Wildman–Crippen LogP) is 4.55. The lowest BCUT2D eigenvalue weighted by atomic mass is 9.86. The van der Waals surface area contributed by atoms with E-state index in [9.17, 15) is 4.79 Å². The Hall–Kier alpha value is -1.17. The van der Waals surface area contributed by atoms with Gasteiger partial charge in [-0.2, -0.15) is 0 Å². The molecule has 142 valence electrons. The minimum Gasteiger partial charge on any atom is -0.468 e. The fourth-order valence-corrected chi connectivity index (χ4v) is 3.55. The first-order valence-corrected chi connectivity index (χ1v) is 11.7. The molecule has 2 atom stereocenters. The molecule has 0 saturated heterocycles. The van der Waals surface area contributed by atoms with Gasteiger partial charge in [-0.25, -0.2) is 0 Å². The van der Waals surface area contributed by atoms with Gasteiger partial charge in [0.05, 0.1) is 13.2 Å². The second-order valence-electron chi connectivity index (χ2n) is 9.22. The van der Waals surface area contributed by atoms with E-state index in [4.69, 9.17) is 14.9 Å². The molecule has 0 unspecified atom stereocenters. The molecular formula is C20H35NO3Si. The van der Waals surface area contributed by atoms with Crippen molar-refractivity contribution in [3.8, 4) is 0 Å². The highest BCUT2D eigenvalue weighted by Gasteiger charge is 2.42. The van der Waals surface area contributed by atoms with Gasteiger partial charge in [-0.3, -0.25) is 4.79 Å². The summed E-state index contributed by atoms with van der Waals surface area (Å²) in [7, 11) is -0.755. The minimum atomic E-state index is -2.11. The van der Waals surface area contributed by atoms with Crippen LogP contribution in [0.15, 0.2) is 24.3 Å². The van der Waals surface area contributed by atoms with E-state index >= 15 is 0 Å². The first-order valence-electron chi connectivity index (χ1n) is 8.82. The molecule has 0 bridgehead atoms. The number of hydrogen-bond donors (Lipinski definition) is 1. The predicted molar refractivity (Wildman–Crippen MR) is 106 cm³/mol. The summed E-state index contributed by atoms with van der Waals surface area (Å²) in [6.07, 6.45) is -0.512. The van der Waals surface area contributed by atoms with Crippen LogP contribution in [-0.2, 0) is 19.4 Å². The van der Waals surface area contributed by atoms with Crippen LogP contribution in [0.25, 0.3) is 0 Å². The van der Waals surface area contributed by atoms with Gasteiger partial charge in [0.25, 0.3) is 0 Å². The average molecular weight is 366 g/mol. The summed E-state index contributed by atoms with van der Waals surface area (Å²) in [5.74, 6) is -0.455. The number of nitrogens with two attached hydrogens (primary N) is 1. The lowest BCUT2D eigenvalue weighted by Crippen LogP contribution is -2.48. The molecule has 0 aliphatic rings. The number of hydrogen-bond acceptors (Lipinski definition) is 4. The fourth-order valence-electron chi connectivity index (χ4n) is 2.28. The summed E-state index contributed by atoms with van der Waals surface area (Å²) in [4.78, 5) is 12.1. The third-order valence-electron chi connectivity index (χ3n) is 5.13. The number of carbonyl (C=O) groups is 1. The summed E-state index contributed by atoms with van der Waals surface area (Å²) in [6, 6.07) is 7.35. The first kappa shape index (κ1) is 21.9. The van der Waals surface area contributed by atoms with Crippen molar-refractivity contribution in [3.63, 3.8) is 0 Å². The Morgan fingerprint density at radius 1 is 1.04 bits per heavy atom. The number of esters is 1. The van der Waals surface area contributed by atoms with Gasteiger partial charge in [0.15, 0.2) is 8.32 Å². The highest BCUT2D eigenvalue weighted by Crippen LogP contribution is 2.40. The SMILES string of the molecule is COC(=O)[C@H](N)[C@H](O[Si](C)(C)C(C)(C)C)c1ccc(C(C)(C)C)cc1. The van der Waals surface area contributed by atoms with E-state index in [1.807, 2.05) is 12.1 Å². The van der Waals surface area contributed by atoms with Gasteiger partial charge < -0.3 is 14.9 Å². The number of carbonyl (C=O) groups excluding carboxylic acids is 1. The highest BCUT2D eigenvalue weighted by atomic mass is 28.4. The standard InChI is InChI=1S/C20H35NO3Si/c1-19(2,3)15-12-10-14(11-13-15)17(16(21)18(22)23-7)24-25(8,9)20(4,5)6/h10-13,16-17H,21H2,1-9H3/t16-,17-/m1/s1. The summed E-state index contributed by atoms with van der Waals surface area (Å²) in [5, 5.41) is 0.0203. The Morgan fingerprint density at radius 3 is 1.88 bits per heavy atom. The smallest absolute Gasteiger partial charge is 0.325 e. The second-order valence-corrected chi connectivity index (χ2v) is 14.0. The van der Waals surface area contributed by atoms with Crippen LogP contribution in [-0.4, -0.2) is 27.4 Å². The molecule has 0 aliphatic heterocycles. The van der Waals surface area contributed by atoms with Gasteiger partial charge in [0.2, 0.25) is 0 Å². The first-order chi connectivity index (χ1) is 11.2. The van der Waals surface area contributed by atoms with Crippen LogP contribution in [0.1, 0.15) is 58.8 Å². The quantitative estimate of drug-likeness (QED) is 0.614. The van der Waals surface area contributed by atoms with E-state index in [2.05, 4.69) is 66.8 Å². The van der Waals surface area contributed by atoms with Crippen molar-refractivity contribution in [3.05, 3.63) is 35.4 Å². The summed E-state index contributed by atoms with van der Waals surface area (Å²) in [6.45, 7) is 17.3. The molecule has 5 heteroatoms. The van der Waals surface area contributed by atoms with Crippen LogP contribution in [0.5, 0.6) is 0 Å². The molecular weight excluding hydrogens is 330 g/mol. The Bertz CT molecular complexity index is 582. The maximum absolute atomic E-state index is 12.1. The molecule has 1 aromatic rings. The van der Waals surface area contributed by atoms with Crippen LogP contribution in [0.3, 0.4) is 0 Å². The summed E-state index contributed by atoms with van der Waals surface area (Å²) in [5.41, 5.74) is 8.41. The molecule has 1 aromatic carbocycles. The van der Waals surface area contributed by atoms with Crippen LogP contribution in [0, 0.1) is 0 Å². The normalized spacial score (nSPS) is 15.6. The van der Waals surface area contributed by atoms with Crippen LogP contribution < -0.4 is 5.73 Å². The Kier molecular flexibility index (Phi) is 6.65. The largest absolute Gasteiger partial charge is 0.468 e. The Morgan fingerprint density at radius 2 is 1.52 bits per heavy atom. The zero-order valence-corrected chi connectivity index (χ0v) is 18.3. The summed E-state index contributed by atoms with van der Waals surface area (Å²) < 4.78 is 11.4. The topological polar surface area (TPSA) is 61.5 Å². The van der Waals surface area contributed by atoms with Crippen molar-refractivity contribution in [1.82, 2.24) is 0 Å². The molecule has 25 heavy (non-hydrogen) atoms. The van der Waals surface area contributed by atoms with Gasteiger partial charge in [-0.05, 0) is 34.7 Å². The highest BCUT2D eigenvalue weighted by molar-refractivity contribution is 6.74. The van der Waals surface area contributed by atoms with E-state index in [1.54, 1.807) is 0 Å². The average Bonchev–Trinajstić information content (AvgIpc) is 2.49. The molecule has 0 spiro atoms. The monoisotopic (exact) mass is 365 g/mol. The molecule has 0 aromatic heterocycles. The van der Waals surface area contributed by atoms with Crippen molar-refractivity contribution in [2.24, 2.45) is 5.73 Å². The molecule has 0 amide bonds. The van der Waals surface area contributed by atoms with E-state index in [-0.39, 0.29) is 10.5 Å². The van der Waals surface area contributed by atoms with Crippen LogP contribution in [0.2, 0.25) is 18.1 Å². The van der Waals surface area contributed by atoms with Gasteiger partial charge in [-0.1, -0.05) is 65.8 Å². The third-order valence-corrected chi connectivity index (χ3v) is 9.59. The van der Waals surface area contributed by atoms with Crippen LogP contribution in [0.4, 0.5) is 0 Å². The third kappa shape index (κ3) is 5.40. The zero-order valence-electron chi connectivity index (χ0n) is 17.3. The van der Waals surface area contributed by atoms with Crippen molar-refractivity contribution in [2.45, 2.75) is 77.2 Å². The van der Waals surface area contributed by atoms with Crippen molar-refractivity contribution < 1.29 is 14.0 Å². The van der Waals surface area contributed by atoms with Crippen LogP contribution >= 0.6 is 0 Å². The number of methoxy groups -OCH3 is 1. The van der Waals surface area contributed by atoms with E-state index in [1.165, 1.54) is 12.7 Å². The molecule has 4 nitrogen and oxygen atoms in total. The molecule has 2 N–H and O–H groups in total. The number of ether oxygens (including phenoxy) is 1. The second kappa shape index (κ2) is 7.60. The van der Waals surface area contributed by atoms with Gasteiger partial charge in [-0.15, -0.1) is 0 Å². The zero-order chi connectivity index (χ0) is 19.6. The molecule has 1 rings (SSSR count). The van der Waals surface area contributed by atoms with Crippen molar-refractivity contribution in [2.75, 3.05) is 7.11 Å². The van der Waals surface area contributed by atoms with Crippen molar-refractivity contribution in [1.29, 1.82) is 0 Å². The van der Waals surface area contributed by atoms with Crippen molar-refractivity contribution >= 4 is 14.3 Å². The molecule has 0 heterocycles. The maximum Gasteiger partial charge on any atom is 0.325 e. The molecule has 0 radical (unpaired) electrons.